The molecule has 0 aliphatic heterocycles. The Kier molecular flexibility index (Phi) is 6.43. The van der Waals surface area contributed by atoms with Crippen molar-refractivity contribution in [2.24, 2.45) is 0 Å². The molecule has 6 heteroatoms. The minimum absolute atomic E-state index is 0.0421. The van der Waals surface area contributed by atoms with E-state index in [2.05, 4.69) is 21.9 Å². The van der Waals surface area contributed by atoms with Crippen molar-refractivity contribution in [3.05, 3.63) is 89.5 Å². The lowest BCUT2D eigenvalue weighted by atomic mass is 10.1. The van der Waals surface area contributed by atoms with Crippen molar-refractivity contribution in [1.29, 1.82) is 0 Å². The summed E-state index contributed by atoms with van der Waals surface area (Å²) in [7, 11) is 1.31. The number of alkyl halides is 2. The van der Waals surface area contributed by atoms with Gasteiger partial charge in [0.05, 0.1) is 7.11 Å². The molecule has 1 N–H and O–H groups in total. The van der Waals surface area contributed by atoms with Crippen LogP contribution in [0.4, 0.5) is 14.5 Å². The van der Waals surface area contributed by atoms with Gasteiger partial charge in [0.15, 0.2) is 11.5 Å². The van der Waals surface area contributed by atoms with Gasteiger partial charge in [-0.3, -0.25) is 4.79 Å². The molecule has 0 fully saturated rings. The zero-order valence-corrected chi connectivity index (χ0v) is 15.5. The molecule has 4 nitrogen and oxygen atoms in total. The number of anilines is 1. The molecule has 0 atom stereocenters. The molecule has 0 aliphatic rings. The van der Waals surface area contributed by atoms with E-state index in [0.717, 1.165) is 11.1 Å². The smallest absolute Gasteiger partial charge is 0.387 e. The van der Waals surface area contributed by atoms with Crippen LogP contribution in [0.15, 0.2) is 72.8 Å². The second-order valence-corrected chi connectivity index (χ2v) is 5.90. The van der Waals surface area contributed by atoms with E-state index in [-0.39, 0.29) is 17.1 Å². The summed E-state index contributed by atoms with van der Waals surface area (Å²) in [4.78, 5) is 12.5. The van der Waals surface area contributed by atoms with Crippen LogP contribution in [0.25, 0.3) is 0 Å². The maximum absolute atomic E-state index is 12.5. The van der Waals surface area contributed by atoms with Crippen molar-refractivity contribution >= 4 is 11.6 Å². The van der Waals surface area contributed by atoms with E-state index in [0.29, 0.717) is 5.69 Å². The predicted molar refractivity (Wildman–Crippen MR) is 106 cm³/mol. The number of ether oxygens (including phenoxy) is 2. The van der Waals surface area contributed by atoms with Gasteiger partial charge < -0.3 is 14.8 Å². The van der Waals surface area contributed by atoms with Gasteiger partial charge in [-0.2, -0.15) is 8.78 Å². The van der Waals surface area contributed by atoms with Crippen LogP contribution in [0.5, 0.6) is 11.5 Å². The monoisotopic (exact) mass is 393 g/mol. The number of hydrogen-bond donors (Lipinski definition) is 1. The van der Waals surface area contributed by atoms with Gasteiger partial charge in [0.2, 0.25) is 0 Å². The highest BCUT2D eigenvalue weighted by atomic mass is 19.3. The first-order valence-electron chi connectivity index (χ1n) is 8.66. The number of methoxy groups -OCH3 is 1. The van der Waals surface area contributed by atoms with Crippen LogP contribution >= 0.6 is 0 Å². The van der Waals surface area contributed by atoms with E-state index in [1.165, 1.54) is 25.3 Å². The van der Waals surface area contributed by atoms with Crippen LogP contribution in [0.3, 0.4) is 0 Å². The molecule has 0 unspecified atom stereocenters. The number of amides is 1. The maximum atomic E-state index is 12.5. The molecule has 0 aliphatic carbocycles. The van der Waals surface area contributed by atoms with E-state index < -0.39 is 12.5 Å². The number of benzene rings is 3. The summed E-state index contributed by atoms with van der Waals surface area (Å²) in [6.45, 7) is -2.98. The Morgan fingerprint density at radius 2 is 1.62 bits per heavy atom. The summed E-state index contributed by atoms with van der Waals surface area (Å²) in [5, 5.41) is 2.76. The number of rotatable bonds is 5. The van der Waals surface area contributed by atoms with E-state index in [1.54, 1.807) is 18.2 Å². The molecule has 3 aromatic carbocycles. The van der Waals surface area contributed by atoms with E-state index >= 15 is 0 Å². The fourth-order valence-corrected chi connectivity index (χ4v) is 2.55. The first-order chi connectivity index (χ1) is 14.0. The van der Waals surface area contributed by atoms with Gasteiger partial charge in [0, 0.05) is 22.4 Å². The third-order valence-electron chi connectivity index (χ3n) is 3.89. The van der Waals surface area contributed by atoms with Crippen LogP contribution < -0.4 is 14.8 Å². The fraction of sp³-hybridized carbons (Fsp3) is 0.0870. The zero-order valence-electron chi connectivity index (χ0n) is 15.5. The van der Waals surface area contributed by atoms with E-state index in [4.69, 9.17) is 4.74 Å². The fourth-order valence-electron chi connectivity index (χ4n) is 2.55. The number of hydrogen-bond acceptors (Lipinski definition) is 3. The Balaban J connectivity index is 1.75. The third-order valence-corrected chi connectivity index (χ3v) is 3.89. The van der Waals surface area contributed by atoms with E-state index in [9.17, 15) is 13.6 Å². The molecule has 0 radical (unpaired) electrons. The maximum Gasteiger partial charge on any atom is 0.387 e. The molecule has 0 heterocycles. The average molecular weight is 393 g/mol. The standard InChI is InChI=1S/C23H17F2NO3/c1-28-21-15-18(12-13-20(21)29-23(24)25)22(27)26-19-9-5-8-17(14-19)11-10-16-6-3-2-4-7-16/h2-9,12-15,23H,1H3,(H,26,27). The number of carbonyl (C=O) groups is 1. The molecule has 0 bridgehead atoms. The minimum atomic E-state index is -2.98. The van der Waals surface area contributed by atoms with Crippen molar-refractivity contribution in [1.82, 2.24) is 0 Å². The summed E-state index contributed by atoms with van der Waals surface area (Å²) in [6.07, 6.45) is 0. The normalized spacial score (nSPS) is 10.1. The molecular formula is C23H17F2NO3. The lowest BCUT2D eigenvalue weighted by molar-refractivity contribution is -0.0512. The van der Waals surface area contributed by atoms with Crippen LogP contribution in [-0.2, 0) is 0 Å². The minimum Gasteiger partial charge on any atom is -0.493 e. The van der Waals surface area contributed by atoms with Crippen molar-refractivity contribution in [3.8, 4) is 23.3 Å². The Hall–Kier alpha value is -3.85. The molecule has 0 saturated heterocycles. The second kappa shape index (κ2) is 9.38. The quantitative estimate of drug-likeness (QED) is 0.624. The SMILES string of the molecule is COc1cc(C(=O)Nc2cccc(C#Cc3ccccc3)c2)ccc1OC(F)F. The van der Waals surface area contributed by atoms with Gasteiger partial charge in [-0.15, -0.1) is 0 Å². The van der Waals surface area contributed by atoms with Crippen molar-refractivity contribution in [2.75, 3.05) is 12.4 Å². The molecule has 29 heavy (non-hydrogen) atoms. The predicted octanol–water partition coefficient (Wildman–Crippen LogP) is 4.95. The summed E-state index contributed by atoms with van der Waals surface area (Å²) in [6, 6.07) is 20.6. The highest BCUT2D eigenvalue weighted by Crippen LogP contribution is 2.29. The van der Waals surface area contributed by atoms with Crippen LogP contribution in [-0.4, -0.2) is 19.6 Å². The number of carbonyl (C=O) groups excluding carboxylic acids is 1. The van der Waals surface area contributed by atoms with Crippen molar-refractivity contribution < 1.29 is 23.0 Å². The number of nitrogens with one attached hydrogen (secondary N) is 1. The zero-order chi connectivity index (χ0) is 20.6. The lowest BCUT2D eigenvalue weighted by Gasteiger charge is -2.11. The van der Waals surface area contributed by atoms with Crippen molar-refractivity contribution in [3.63, 3.8) is 0 Å². The van der Waals surface area contributed by atoms with Gasteiger partial charge in [0.1, 0.15) is 0 Å². The number of halogens is 2. The van der Waals surface area contributed by atoms with Gasteiger partial charge in [-0.1, -0.05) is 36.1 Å². The molecule has 3 aromatic rings. The molecular weight excluding hydrogens is 376 g/mol. The van der Waals surface area contributed by atoms with Crippen molar-refractivity contribution in [2.45, 2.75) is 6.61 Å². The topological polar surface area (TPSA) is 47.6 Å². The Labute approximate surface area is 167 Å². The molecule has 146 valence electrons. The average Bonchev–Trinajstić information content (AvgIpc) is 2.73. The largest absolute Gasteiger partial charge is 0.493 e. The summed E-state index contributed by atoms with van der Waals surface area (Å²) in [5.74, 6) is 5.59. The lowest BCUT2D eigenvalue weighted by Crippen LogP contribution is -2.12. The first-order valence-corrected chi connectivity index (χ1v) is 8.66. The van der Waals surface area contributed by atoms with Gasteiger partial charge in [-0.25, -0.2) is 0 Å². The molecule has 0 spiro atoms. The van der Waals surface area contributed by atoms with Gasteiger partial charge >= 0.3 is 6.61 Å². The summed E-state index contributed by atoms with van der Waals surface area (Å²) in [5.41, 5.74) is 2.43. The Morgan fingerprint density at radius 1 is 0.897 bits per heavy atom. The van der Waals surface area contributed by atoms with Crippen LogP contribution in [0.2, 0.25) is 0 Å². The summed E-state index contributed by atoms with van der Waals surface area (Å²) >= 11 is 0. The molecule has 1 amide bonds. The van der Waals surface area contributed by atoms with Gasteiger partial charge in [-0.05, 0) is 48.5 Å². The molecule has 0 aromatic heterocycles. The Bertz CT molecular complexity index is 1060. The highest BCUT2D eigenvalue weighted by Gasteiger charge is 2.14. The molecule has 3 rings (SSSR count). The van der Waals surface area contributed by atoms with Gasteiger partial charge in [0.25, 0.3) is 5.91 Å². The third kappa shape index (κ3) is 5.56. The highest BCUT2D eigenvalue weighted by molar-refractivity contribution is 6.04. The van der Waals surface area contributed by atoms with Crippen LogP contribution in [0, 0.1) is 11.8 Å². The molecule has 0 saturated carbocycles. The first kappa shape index (κ1) is 19.9. The van der Waals surface area contributed by atoms with Crippen LogP contribution in [0.1, 0.15) is 21.5 Å². The second-order valence-electron chi connectivity index (χ2n) is 5.90. The van der Waals surface area contributed by atoms with E-state index in [1.807, 2.05) is 36.4 Å². The summed E-state index contributed by atoms with van der Waals surface area (Å²) < 4.78 is 34.2. The Morgan fingerprint density at radius 3 is 2.34 bits per heavy atom.